The third-order valence-corrected chi connectivity index (χ3v) is 4.13. The number of nitrogens with zero attached hydrogens (tertiary/aromatic N) is 2. The molecule has 0 aliphatic heterocycles. The Hall–Kier alpha value is -1.39. The van der Waals surface area contributed by atoms with Crippen molar-refractivity contribution >= 4 is 17.0 Å². The van der Waals surface area contributed by atoms with Gasteiger partial charge >= 0.3 is 0 Å². The molecule has 0 spiro atoms. The third kappa shape index (κ3) is 4.04. The fourth-order valence-corrected chi connectivity index (χ4v) is 2.67. The SMILES string of the molecule is CCc1ncc(CNCc2ccc(N(C)C)cc2)s1. The fourth-order valence-electron chi connectivity index (χ4n) is 1.84. The molecule has 0 bridgehead atoms. The topological polar surface area (TPSA) is 28.2 Å². The molecule has 2 aromatic rings. The van der Waals surface area contributed by atoms with Crippen molar-refractivity contribution in [2.45, 2.75) is 26.4 Å². The van der Waals surface area contributed by atoms with E-state index in [4.69, 9.17) is 0 Å². The highest BCUT2D eigenvalue weighted by Gasteiger charge is 2.00. The second kappa shape index (κ2) is 6.68. The predicted molar refractivity (Wildman–Crippen MR) is 82.8 cm³/mol. The fraction of sp³-hybridized carbons (Fsp3) is 0.400. The van der Waals surface area contributed by atoms with Gasteiger partial charge in [-0.2, -0.15) is 0 Å². The van der Waals surface area contributed by atoms with Gasteiger partial charge in [0.1, 0.15) is 0 Å². The summed E-state index contributed by atoms with van der Waals surface area (Å²) in [6, 6.07) is 8.65. The van der Waals surface area contributed by atoms with Crippen molar-refractivity contribution < 1.29 is 0 Å². The van der Waals surface area contributed by atoms with Gasteiger partial charge in [0.05, 0.1) is 5.01 Å². The molecule has 0 aliphatic carbocycles. The molecular formula is C15H21N3S. The zero-order valence-corrected chi connectivity index (χ0v) is 12.6. The summed E-state index contributed by atoms with van der Waals surface area (Å²) >= 11 is 1.79. The summed E-state index contributed by atoms with van der Waals surface area (Å²) in [5.74, 6) is 0. The number of nitrogens with one attached hydrogen (secondary N) is 1. The van der Waals surface area contributed by atoms with E-state index in [-0.39, 0.29) is 0 Å². The second-order valence-electron chi connectivity index (χ2n) is 4.74. The number of aromatic nitrogens is 1. The van der Waals surface area contributed by atoms with Gasteiger partial charge in [-0.15, -0.1) is 11.3 Å². The van der Waals surface area contributed by atoms with E-state index in [0.717, 1.165) is 19.5 Å². The quantitative estimate of drug-likeness (QED) is 0.878. The number of aryl methyl sites for hydroxylation is 1. The van der Waals surface area contributed by atoms with E-state index >= 15 is 0 Å². The first-order valence-corrected chi connectivity index (χ1v) is 7.41. The number of anilines is 1. The molecule has 1 aromatic heterocycles. The van der Waals surface area contributed by atoms with E-state index in [1.54, 1.807) is 11.3 Å². The number of hydrogen-bond donors (Lipinski definition) is 1. The summed E-state index contributed by atoms with van der Waals surface area (Å²) in [6.45, 7) is 3.93. The molecule has 0 fully saturated rings. The highest BCUT2D eigenvalue weighted by Crippen LogP contribution is 2.14. The van der Waals surface area contributed by atoms with Crippen LogP contribution in [0, 0.1) is 0 Å². The van der Waals surface area contributed by atoms with Crippen molar-refractivity contribution in [1.82, 2.24) is 10.3 Å². The Balaban J connectivity index is 1.82. The second-order valence-corrected chi connectivity index (χ2v) is 5.94. The van der Waals surface area contributed by atoms with E-state index in [1.165, 1.54) is 21.1 Å². The van der Waals surface area contributed by atoms with Crippen molar-refractivity contribution in [2.75, 3.05) is 19.0 Å². The van der Waals surface area contributed by atoms with E-state index in [9.17, 15) is 0 Å². The molecule has 1 heterocycles. The maximum Gasteiger partial charge on any atom is 0.0925 e. The van der Waals surface area contributed by atoms with Crippen LogP contribution < -0.4 is 10.2 Å². The summed E-state index contributed by atoms with van der Waals surface area (Å²) in [7, 11) is 4.12. The van der Waals surface area contributed by atoms with Crippen molar-refractivity contribution in [3.05, 3.63) is 45.9 Å². The smallest absolute Gasteiger partial charge is 0.0925 e. The van der Waals surface area contributed by atoms with Gasteiger partial charge in [-0.05, 0) is 24.1 Å². The summed E-state index contributed by atoms with van der Waals surface area (Å²) in [5.41, 5.74) is 2.55. The van der Waals surface area contributed by atoms with Crippen molar-refractivity contribution in [3.63, 3.8) is 0 Å². The van der Waals surface area contributed by atoms with Crippen LogP contribution in [0.25, 0.3) is 0 Å². The minimum Gasteiger partial charge on any atom is -0.378 e. The normalized spacial score (nSPS) is 10.7. The largest absolute Gasteiger partial charge is 0.378 e. The summed E-state index contributed by atoms with van der Waals surface area (Å²) in [4.78, 5) is 7.78. The van der Waals surface area contributed by atoms with Crippen LogP contribution >= 0.6 is 11.3 Å². The first-order valence-electron chi connectivity index (χ1n) is 6.59. The number of hydrogen-bond acceptors (Lipinski definition) is 4. The lowest BCUT2D eigenvalue weighted by Crippen LogP contribution is -2.12. The van der Waals surface area contributed by atoms with Crippen LogP contribution in [0.3, 0.4) is 0 Å². The standard InChI is InChI=1S/C15H21N3S/c1-4-15-17-11-14(19-15)10-16-9-12-5-7-13(8-6-12)18(2)3/h5-8,11,16H,4,9-10H2,1-3H3. The van der Waals surface area contributed by atoms with Crippen molar-refractivity contribution in [1.29, 1.82) is 0 Å². The molecule has 102 valence electrons. The maximum atomic E-state index is 4.36. The lowest BCUT2D eigenvalue weighted by molar-refractivity contribution is 0.700. The van der Waals surface area contributed by atoms with E-state index < -0.39 is 0 Å². The zero-order chi connectivity index (χ0) is 13.7. The molecule has 4 heteroatoms. The average Bonchev–Trinajstić information content (AvgIpc) is 2.87. The van der Waals surface area contributed by atoms with Crippen LogP contribution in [0.4, 0.5) is 5.69 Å². The lowest BCUT2D eigenvalue weighted by Gasteiger charge is -2.12. The number of rotatable bonds is 6. The molecular weight excluding hydrogens is 254 g/mol. The first-order chi connectivity index (χ1) is 9.19. The molecule has 3 nitrogen and oxygen atoms in total. The van der Waals surface area contributed by atoms with Gasteiger partial charge in [0, 0.05) is 43.9 Å². The van der Waals surface area contributed by atoms with E-state index in [0.29, 0.717) is 0 Å². The molecule has 0 atom stereocenters. The van der Waals surface area contributed by atoms with Gasteiger partial charge in [0.25, 0.3) is 0 Å². The summed E-state index contributed by atoms with van der Waals surface area (Å²) < 4.78 is 0. The Kier molecular flexibility index (Phi) is 4.93. The Morgan fingerprint density at radius 1 is 1.16 bits per heavy atom. The molecule has 19 heavy (non-hydrogen) atoms. The maximum absolute atomic E-state index is 4.36. The molecule has 1 N–H and O–H groups in total. The Morgan fingerprint density at radius 2 is 1.89 bits per heavy atom. The molecule has 0 saturated heterocycles. The zero-order valence-electron chi connectivity index (χ0n) is 11.8. The van der Waals surface area contributed by atoms with Gasteiger partial charge in [0.2, 0.25) is 0 Å². The van der Waals surface area contributed by atoms with Gasteiger partial charge in [-0.1, -0.05) is 19.1 Å². The molecule has 0 amide bonds. The summed E-state index contributed by atoms with van der Waals surface area (Å²) in [6.07, 6.45) is 3.00. The minimum atomic E-state index is 0.896. The highest BCUT2D eigenvalue weighted by atomic mass is 32.1. The van der Waals surface area contributed by atoms with Gasteiger partial charge in [-0.25, -0.2) is 4.98 Å². The van der Waals surface area contributed by atoms with Crippen molar-refractivity contribution in [2.24, 2.45) is 0 Å². The van der Waals surface area contributed by atoms with Crippen LogP contribution in [0.1, 0.15) is 22.4 Å². The Labute approximate surface area is 119 Å². The van der Waals surface area contributed by atoms with E-state index in [2.05, 4.69) is 60.5 Å². The van der Waals surface area contributed by atoms with Crippen molar-refractivity contribution in [3.8, 4) is 0 Å². The summed E-state index contributed by atoms with van der Waals surface area (Å²) in [5, 5.41) is 4.68. The number of thiazole rings is 1. The Bertz CT molecular complexity index is 502. The minimum absolute atomic E-state index is 0.896. The monoisotopic (exact) mass is 275 g/mol. The third-order valence-electron chi connectivity index (χ3n) is 2.98. The molecule has 0 aliphatic rings. The lowest BCUT2D eigenvalue weighted by atomic mass is 10.2. The number of benzene rings is 1. The average molecular weight is 275 g/mol. The van der Waals surface area contributed by atoms with Crippen LogP contribution in [0.2, 0.25) is 0 Å². The van der Waals surface area contributed by atoms with Crippen LogP contribution in [-0.2, 0) is 19.5 Å². The molecule has 1 aromatic carbocycles. The first kappa shape index (κ1) is 14.0. The predicted octanol–water partition coefficient (Wildman–Crippen LogP) is 3.06. The van der Waals surface area contributed by atoms with Gasteiger partial charge < -0.3 is 10.2 Å². The highest BCUT2D eigenvalue weighted by molar-refractivity contribution is 7.11. The molecule has 2 rings (SSSR count). The molecule has 0 radical (unpaired) electrons. The molecule has 0 saturated carbocycles. The van der Waals surface area contributed by atoms with Crippen LogP contribution in [-0.4, -0.2) is 19.1 Å². The Morgan fingerprint density at radius 3 is 2.47 bits per heavy atom. The van der Waals surface area contributed by atoms with Gasteiger partial charge in [-0.3, -0.25) is 0 Å². The van der Waals surface area contributed by atoms with Crippen LogP contribution in [0.5, 0.6) is 0 Å². The van der Waals surface area contributed by atoms with Gasteiger partial charge in [0.15, 0.2) is 0 Å². The van der Waals surface area contributed by atoms with E-state index in [1.807, 2.05) is 6.20 Å². The molecule has 0 unspecified atom stereocenters. The van der Waals surface area contributed by atoms with Crippen LogP contribution in [0.15, 0.2) is 30.5 Å².